The van der Waals surface area contributed by atoms with Crippen LogP contribution in [0.4, 0.5) is 5.69 Å². The Hall–Kier alpha value is -3.51. The SMILES string of the molecule is CC=O.CCNc1cccc(-n2cc(-c3ccc(Cl)cc3Cl)nc2Cc2ccc(-c3ccc(SCCC4CCCCC4)cc3)cc2)c1. The summed E-state index contributed by atoms with van der Waals surface area (Å²) in [6, 6.07) is 31.9. The highest BCUT2D eigenvalue weighted by atomic mass is 35.5. The van der Waals surface area contributed by atoms with Gasteiger partial charge in [-0.25, -0.2) is 4.98 Å². The van der Waals surface area contributed by atoms with E-state index in [0.717, 1.165) is 47.2 Å². The van der Waals surface area contributed by atoms with Gasteiger partial charge in [-0.15, -0.1) is 11.8 Å². The fraction of sp³-hybridized carbons (Fsp3) is 0.300. The zero-order chi connectivity index (χ0) is 33.0. The van der Waals surface area contributed by atoms with Gasteiger partial charge < -0.3 is 14.7 Å². The monoisotopic (exact) mass is 683 g/mol. The minimum atomic E-state index is 0.591. The van der Waals surface area contributed by atoms with Gasteiger partial charge in [0.25, 0.3) is 0 Å². The van der Waals surface area contributed by atoms with Crippen LogP contribution < -0.4 is 5.32 Å². The van der Waals surface area contributed by atoms with E-state index in [4.69, 9.17) is 33.0 Å². The van der Waals surface area contributed by atoms with Crippen molar-refractivity contribution >= 4 is 46.9 Å². The van der Waals surface area contributed by atoms with Crippen molar-refractivity contribution in [3.05, 3.63) is 119 Å². The fourth-order valence-electron chi connectivity index (χ4n) is 6.12. The quantitative estimate of drug-likeness (QED) is 0.111. The molecule has 0 unspecified atom stereocenters. The third-order valence-electron chi connectivity index (χ3n) is 8.51. The topological polar surface area (TPSA) is 46.9 Å². The summed E-state index contributed by atoms with van der Waals surface area (Å²) in [6.07, 6.45) is 12.0. The van der Waals surface area contributed by atoms with Gasteiger partial charge in [-0.3, -0.25) is 0 Å². The van der Waals surface area contributed by atoms with E-state index in [-0.39, 0.29) is 0 Å². The summed E-state index contributed by atoms with van der Waals surface area (Å²) in [5.74, 6) is 3.11. The van der Waals surface area contributed by atoms with Crippen molar-refractivity contribution in [1.29, 1.82) is 0 Å². The number of benzene rings is 4. The molecule has 47 heavy (non-hydrogen) atoms. The van der Waals surface area contributed by atoms with Crippen LogP contribution in [0, 0.1) is 5.92 Å². The summed E-state index contributed by atoms with van der Waals surface area (Å²) in [5, 5.41) is 4.62. The van der Waals surface area contributed by atoms with Gasteiger partial charge in [0.15, 0.2) is 0 Å². The number of rotatable bonds is 11. The smallest absolute Gasteiger partial charge is 0.118 e. The molecule has 4 nitrogen and oxygen atoms in total. The molecule has 5 aromatic rings. The molecule has 1 aromatic heterocycles. The number of carbonyl (C=O) groups is 1. The number of nitrogens with one attached hydrogen (secondary N) is 1. The largest absolute Gasteiger partial charge is 0.385 e. The number of imidazole rings is 1. The fourth-order valence-corrected chi connectivity index (χ4v) is 7.64. The molecule has 0 bridgehead atoms. The van der Waals surface area contributed by atoms with Gasteiger partial charge in [0.1, 0.15) is 12.1 Å². The molecule has 1 N–H and O–H groups in total. The number of hydrogen-bond acceptors (Lipinski definition) is 4. The summed E-state index contributed by atoms with van der Waals surface area (Å²) >= 11 is 14.8. The predicted octanol–water partition coefficient (Wildman–Crippen LogP) is 11.8. The minimum absolute atomic E-state index is 0.591. The zero-order valence-corrected chi connectivity index (χ0v) is 29.6. The highest BCUT2D eigenvalue weighted by Gasteiger charge is 2.16. The van der Waals surface area contributed by atoms with E-state index in [9.17, 15) is 0 Å². The summed E-state index contributed by atoms with van der Waals surface area (Å²) in [4.78, 5) is 15.2. The van der Waals surface area contributed by atoms with Crippen LogP contribution in [-0.2, 0) is 11.2 Å². The second-order valence-electron chi connectivity index (χ2n) is 11.9. The van der Waals surface area contributed by atoms with Crippen molar-refractivity contribution in [3.63, 3.8) is 0 Å². The van der Waals surface area contributed by atoms with Crippen molar-refractivity contribution in [2.45, 2.75) is 63.7 Å². The zero-order valence-electron chi connectivity index (χ0n) is 27.2. The number of thioether (sulfide) groups is 1. The van der Waals surface area contributed by atoms with Crippen molar-refractivity contribution in [2.24, 2.45) is 5.92 Å². The molecule has 6 rings (SSSR count). The van der Waals surface area contributed by atoms with Crippen molar-refractivity contribution < 1.29 is 4.79 Å². The molecule has 0 aliphatic heterocycles. The molecule has 1 fully saturated rings. The van der Waals surface area contributed by atoms with Crippen LogP contribution in [-0.4, -0.2) is 28.1 Å². The van der Waals surface area contributed by atoms with Gasteiger partial charge in [-0.05, 0) is 97.2 Å². The van der Waals surface area contributed by atoms with Gasteiger partial charge in [0.05, 0.1) is 10.7 Å². The summed E-state index contributed by atoms with van der Waals surface area (Å²) in [5.41, 5.74) is 7.49. The maximum absolute atomic E-state index is 8.81. The average molecular weight is 685 g/mol. The molecule has 1 aliphatic rings. The van der Waals surface area contributed by atoms with E-state index >= 15 is 0 Å². The number of aldehydes is 1. The van der Waals surface area contributed by atoms with E-state index in [0.29, 0.717) is 16.5 Å². The van der Waals surface area contributed by atoms with Crippen molar-refractivity contribution in [2.75, 3.05) is 17.6 Å². The predicted molar refractivity (Wildman–Crippen MR) is 202 cm³/mol. The molecule has 1 saturated carbocycles. The minimum Gasteiger partial charge on any atom is -0.385 e. The van der Waals surface area contributed by atoms with E-state index in [1.54, 1.807) is 6.07 Å². The second-order valence-corrected chi connectivity index (χ2v) is 13.9. The van der Waals surface area contributed by atoms with Crippen LogP contribution in [0.2, 0.25) is 10.0 Å². The number of hydrogen-bond donors (Lipinski definition) is 1. The first-order valence-corrected chi connectivity index (χ1v) is 18.3. The Morgan fingerprint density at radius 1 is 0.915 bits per heavy atom. The lowest BCUT2D eigenvalue weighted by atomic mass is 9.88. The van der Waals surface area contributed by atoms with Crippen LogP contribution in [0.25, 0.3) is 28.1 Å². The molecule has 4 aromatic carbocycles. The second kappa shape index (κ2) is 17.6. The first-order chi connectivity index (χ1) is 23.0. The van der Waals surface area contributed by atoms with Gasteiger partial charge in [0, 0.05) is 46.0 Å². The summed E-state index contributed by atoms with van der Waals surface area (Å²) in [6.45, 7) is 4.41. The van der Waals surface area contributed by atoms with Crippen LogP contribution in [0.5, 0.6) is 0 Å². The molecule has 1 aliphatic carbocycles. The van der Waals surface area contributed by atoms with E-state index in [1.165, 1.54) is 72.8 Å². The molecule has 0 amide bonds. The number of halogens is 2. The highest BCUT2D eigenvalue weighted by molar-refractivity contribution is 7.99. The number of anilines is 1. The van der Waals surface area contributed by atoms with Gasteiger partial charge in [-0.2, -0.15) is 0 Å². The summed E-state index contributed by atoms with van der Waals surface area (Å²) < 4.78 is 2.17. The van der Waals surface area contributed by atoms with Crippen LogP contribution in [0.15, 0.2) is 102 Å². The molecule has 0 saturated heterocycles. The van der Waals surface area contributed by atoms with Crippen LogP contribution in [0.3, 0.4) is 0 Å². The average Bonchev–Trinajstić information content (AvgIpc) is 3.50. The number of aromatic nitrogens is 2. The van der Waals surface area contributed by atoms with Crippen molar-refractivity contribution in [3.8, 4) is 28.1 Å². The van der Waals surface area contributed by atoms with Crippen molar-refractivity contribution in [1.82, 2.24) is 9.55 Å². The Balaban J connectivity index is 0.00000139. The maximum atomic E-state index is 8.81. The maximum Gasteiger partial charge on any atom is 0.118 e. The number of carbonyl (C=O) groups excluding carboxylic acids is 1. The number of nitrogens with zero attached hydrogens (tertiary/aromatic N) is 2. The lowest BCUT2D eigenvalue weighted by Gasteiger charge is -2.21. The Morgan fingerprint density at radius 2 is 1.62 bits per heavy atom. The highest BCUT2D eigenvalue weighted by Crippen LogP contribution is 2.33. The van der Waals surface area contributed by atoms with Gasteiger partial charge >= 0.3 is 0 Å². The normalized spacial score (nSPS) is 13.1. The Morgan fingerprint density at radius 3 is 2.30 bits per heavy atom. The third kappa shape index (κ3) is 9.76. The van der Waals surface area contributed by atoms with E-state index in [2.05, 4.69) is 95.8 Å². The first kappa shape index (κ1) is 34.8. The molecular formula is C40H43Cl2N3OS. The Bertz CT molecular complexity index is 1730. The third-order valence-corrected chi connectivity index (χ3v) is 10.1. The molecular weight excluding hydrogens is 641 g/mol. The molecule has 7 heteroatoms. The van der Waals surface area contributed by atoms with Gasteiger partial charge in [0.2, 0.25) is 0 Å². The molecule has 0 radical (unpaired) electrons. The summed E-state index contributed by atoms with van der Waals surface area (Å²) in [7, 11) is 0. The molecule has 244 valence electrons. The Labute approximate surface area is 293 Å². The standard InChI is InChI=1S/C38H39Cl2N3S.C2H4O/c1-2-41-32-9-6-10-33(25-32)43-26-37(35-20-17-31(39)24-36(35)40)42-38(43)23-28-11-13-29(14-12-28)30-15-18-34(19-16-30)44-22-21-27-7-4-3-5-8-27;1-2-3/h6,9-20,24-27,41H,2-5,7-8,21-23H2,1H3;2H,1H3. The lowest BCUT2D eigenvalue weighted by molar-refractivity contribution is -0.106. The van der Waals surface area contributed by atoms with Crippen LogP contribution in [0.1, 0.15) is 63.8 Å². The van der Waals surface area contributed by atoms with E-state index in [1.807, 2.05) is 23.9 Å². The first-order valence-electron chi connectivity index (χ1n) is 16.6. The lowest BCUT2D eigenvalue weighted by Crippen LogP contribution is -2.06. The Kier molecular flexibility index (Phi) is 13.0. The molecule has 0 atom stereocenters. The van der Waals surface area contributed by atoms with Crippen LogP contribution >= 0.6 is 35.0 Å². The van der Waals surface area contributed by atoms with E-state index < -0.39 is 0 Å². The molecule has 0 spiro atoms. The molecule has 1 heterocycles. The van der Waals surface area contributed by atoms with Gasteiger partial charge in [-0.1, -0.05) is 97.8 Å².